The van der Waals surface area contributed by atoms with Crippen LogP contribution >= 0.6 is 0 Å². The quantitative estimate of drug-likeness (QED) is 0.0715. The SMILES string of the molecule is CC(C)Cc1cc(-c2ccccc2)cc(CC(C)C)c1-n1ccnc1-c1[c-]cc(-c2ccccc2)cc1.[Ir].[Ir].[Ir].[c-]1cc(-c2ccccc2)ccc1-c1nccn1-c1c(C2CCCC2)cc(-c2ccccc2)cc1C1CCCC1.[c-]1cc(-c2ccccc2)ccc1-c1nccn1-c1c(C2CCCCC2)cc(-c2ccccc2)cc1C1CCCCC1. The minimum atomic E-state index is 0. The fraction of sp³-hybridized carbons (Fsp3) is 0.270. The number of rotatable bonds is 20. The number of hydrogen-bond acceptors (Lipinski definition) is 3. The van der Waals surface area contributed by atoms with Gasteiger partial charge in [-0.05, 0) is 203 Å². The second kappa shape index (κ2) is 41.7. The Morgan fingerprint density at radius 1 is 0.267 bits per heavy atom. The molecule has 3 radical (unpaired) electrons. The Morgan fingerprint density at radius 2 is 0.500 bits per heavy atom. The predicted octanol–water partition coefficient (Wildman–Crippen LogP) is 29.8. The zero-order valence-electron chi connectivity index (χ0n) is 69.7. The van der Waals surface area contributed by atoms with Gasteiger partial charge in [0.15, 0.2) is 0 Å². The van der Waals surface area contributed by atoms with E-state index < -0.39 is 0 Å². The first-order valence-electron chi connectivity index (χ1n) is 43.7. The molecule has 9 heteroatoms. The number of hydrogen-bond donors (Lipinski definition) is 0. The van der Waals surface area contributed by atoms with Gasteiger partial charge in [-0.15, -0.1) is 89.5 Å². The third-order valence-electron chi connectivity index (χ3n) is 25.0. The zero-order chi connectivity index (χ0) is 79.2. The molecule has 15 aromatic rings. The van der Waals surface area contributed by atoms with Crippen molar-refractivity contribution in [2.75, 3.05) is 0 Å². The maximum Gasteiger partial charge on any atom is 0.0602 e. The van der Waals surface area contributed by atoms with Crippen molar-refractivity contribution < 1.29 is 60.3 Å². The molecule has 4 saturated carbocycles. The molecule has 613 valence electrons. The van der Waals surface area contributed by atoms with Crippen LogP contribution in [0.2, 0.25) is 0 Å². The largest absolute Gasteiger partial charge is 0.340 e. The first-order valence-corrected chi connectivity index (χ1v) is 43.7. The van der Waals surface area contributed by atoms with Crippen molar-refractivity contribution in [1.29, 1.82) is 0 Å². The number of imidazole rings is 3. The van der Waals surface area contributed by atoms with E-state index in [1.165, 1.54) is 227 Å². The van der Waals surface area contributed by atoms with Gasteiger partial charge in [-0.3, -0.25) is 15.0 Å². The van der Waals surface area contributed by atoms with Crippen molar-refractivity contribution in [2.45, 2.75) is 180 Å². The van der Waals surface area contributed by atoms with E-state index in [0.29, 0.717) is 35.5 Å². The molecule has 3 aromatic heterocycles. The standard InChI is InChI=1S/C39H39N2.C37H35N2.C35H35N2.3Ir/c1-5-13-29(14-6-1)31-21-23-34(24-22-31)39-40-25-26-41(39)38-36(32-17-9-3-10-18-32)27-35(30-15-7-2-8-16-30)28-37(38)33-19-11-4-12-20-33;1-3-11-27(12-4-1)29-19-21-32(22-20-29)37-38-23-24-39(37)36-34(30-15-7-8-16-30)25-33(28-13-5-2-6-14-28)26-35(36)31-17-9-10-18-31;1-25(2)21-32-23-31(28-13-9-6-10-14-28)24-33(22-26(3)4)34(32)37-20-19-36-35(37)30-17-15-29(16-18-30)27-11-7-5-8-12-27;;;/h1-2,5-8,13-16,21-23,25-28,32-33H,3-4,9-12,17-20H2;1-6,11-14,19-21,23-26,30-31H,7-10,15-18H2;5-17,19-20,23-26H,21-22H2,1-4H3;;;/q3*-1;;;. The van der Waals surface area contributed by atoms with E-state index in [1.54, 1.807) is 0 Å². The summed E-state index contributed by atoms with van der Waals surface area (Å²) in [6.45, 7) is 9.19. The Bertz CT molecular complexity index is 5590. The number of nitrogens with zero attached hydrogens (tertiary/aromatic N) is 6. The van der Waals surface area contributed by atoms with Crippen molar-refractivity contribution in [2.24, 2.45) is 11.8 Å². The first-order chi connectivity index (χ1) is 57.7. The molecule has 3 heterocycles. The summed E-state index contributed by atoms with van der Waals surface area (Å²) >= 11 is 0. The Hall–Kier alpha value is -9.78. The summed E-state index contributed by atoms with van der Waals surface area (Å²) in [6.07, 6.45) is 37.9. The zero-order valence-corrected chi connectivity index (χ0v) is 76.9. The Morgan fingerprint density at radius 3 is 0.742 bits per heavy atom. The molecular weight excluding hydrogens is 1990 g/mol. The second-order valence-electron chi connectivity index (χ2n) is 34.0. The van der Waals surface area contributed by atoms with Crippen LogP contribution in [0.25, 0.3) is 118 Å². The summed E-state index contributed by atoms with van der Waals surface area (Å²) in [5.41, 5.74) is 31.0. The molecular formula is C111H109Ir3N6-3. The van der Waals surface area contributed by atoms with Gasteiger partial charge in [-0.1, -0.05) is 307 Å². The summed E-state index contributed by atoms with van der Waals surface area (Å²) in [7, 11) is 0. The molecule has 6 nitrogen and oxygen atoms in total. The van der Waals surface area contributed by atoms with Gasteiger partial charge >= 0.3 is 0 Å². The average Bonchev–Trinajstić information content (AvgIpc) is 1.69. The van der Waals surface area contributed by atoms with Gasteiger partial charge in [0.25, 0.3) is 0 Å². The normalized spacial score (nSPS) is 14.4. The molecule has 0 saturated heterocycles. The molecule has 19 rings (SSSR count). The van der Waals surface area contributed by atoms with Crippen LogP contribution in [0.1, 0.15) is 200 Å². The van der Waals surface area contributed by atoms with Crippen molar-refractivity contribution >= 4 is 0 Å². The molecule has 0 unspecified atom stereocenters. The van der Waals surface area contributed by atoms with E-state index in [0.717, 1.165) is 52.6 Å². The average molecular weight is 2100 g/mol. The monoisotopic (exact) mass is 2100 g/mol. The topological polar surface area (TPSA) is 53.5 Å². The van der Waals surface area contributed by atoms with Crippen LogP contribution in [0.5, 0.6) is 0 Å². The summed E-state index contributed by atoms with van der Waals surface area (Å²) < 4.78 is 7.10. The molecule has 0 amide bonds. The number of benzene rings is 12. The molecule has 4 fully saturated rings. The van der Waals surface area contributed by atoms with Crippen LogP contribution < -0.4 is 0 Å². The molecule has 4 aliphatic rings. The van der Waals surface area contributed by atoms with E-state index in [1.807, 2.05) is 24.7 Å². The Kier molecular flexibility index (Phi) is 30.1. The summed E-state index contributed by atoms with van der Waals surface area (Å²) in [5.74, 6) is 6.37. The molecule has 0 N–H and O–H groups in total. The first kappa shape index (κ1) is 86.6. The third-order valence-corrected chi connectivity index (χ3v) is 25.0. The van der Waals surface area contributed by atoms with Crippen LogP contribution in [-0.2, 0) is 73.2 Å². The van der Waals surface area contributed by atoms with E-state index in [2.05, 4.69) is 345 Å². The van der Waals surface area contributed by atoms with Crippen molar-refractivity contribution in [3.63, 3.8) is 0 Å². The van der Waals surface area contributed by atoms with Crippen LogP contribution in [0.4, 0.5) is 0 Å². The number of aromatic nitrogens is 6. The van der Waals surface area contributed by atoms with Gasteiger partial charge in [-0.25, -0.2) is 0 Å². The van der Waals surface area contributed by atoms with Crippen LogP contribution in [0.15, 0.2) is 310 Å². The smallest absolute Gasteiger partial charge is 0.0602 e. The van der Waals surface area contributed by atoms with Crippen LogP contribution in [0.3, 0.4) is 0 Å². The second-order valence-corrected chi connectivity index (χ2v) is 34.0. The van der Waals surface area contributed by atoms with Crippen LogP contribution in [0, 0.1) is 30.0 Å². The van der Waals surface area contributed by atoms with Crippen molar-refractivity contribution in [1.82, 2.24) is 28.7 Å². The molecule has 0 spiro atoms. The van der Waals surface area contributed by atoms with E-state index in [9.17, 15) is 0 Å². The van der Waals surface area contributed by atoms with Gasteiger partial charge in [0, 0.05) is 115 Å². The fourth-order valence-corrected chi connectivity index (χ4v) is 19.3. The van der Waals surface area contributed by atoms with Gasteiger partial charge in [0.2, 0.25) is 0 Å². The minimum Gasteiger partial charge on any atom is -0.340 e. The van der Waals surface area contributed by atoms with Gasteiger partial charge in [-0.2, -0.15) is 0 Å². The van der Waals surface area contributed by atoms with E-state index >= 15 is 0 Å². The molecule has 120 heavy (non-hydrogen) atoms. The fourth-order valence-electron chi connectivity index (χ4n) is 19.3. The minimum absolute atomic E-state index is 0. The molecule has 0 bridgehead atoms. The summed E-state index contributed by atoms with van der Waals surface area (Å²) in [5, 5.41) is 0. The van der Waals surface area contributed by atoms with Crippen molar-refractivity contribution in [3.05, 3.63) is 362 Å². The van der Waals surface area contributed by atoms with Gasteiger partial charge in [0.05, 0.1) is 17.5 Å². The molecule has 4 aliphatic carbocycles. The molecule has 12 aromatic carbocycles. The maximum atomic E-state index is 4.95. The summed E-state index contributed by atoms with van der Waals surface area (Å²) in [6, 6.07) is 109. The third kappa shape index (κ3) is 20.2. The van der Waals surface area contributed by atoms with E-state index in [-0.39, 0.29) is 60.3 Å². The molecule has 0 aliphatic heterocycles. The van der Waals surface area contributed by atoms with Gasteiger partial charge < -0.3 is 13.7 Å². The Labute approximate surface area is 754 Å². The predicted molar refractivity (Wildman–Crippen MR) is 487 cm³/mol. The maximum absolute atomic E-state index is 4.95. The van der Waals surface area contributed by atoms with Crippen molar-refractivity contribution in [3.8, 4) is 118 Å². The summed E-state index contributed by atoms with van der Waals surface area (Å²) in [4.78, 5) is 14.7. The van der Waals surface area contributed by atoms with Gasteiger partial charge in [0.1, 0.15) is 0 Å². The van der Waals surface area contributed by atoms with Crippen LogP contribution in [-0.4, -0.2) is 28.7 Å². The molecule has 0 atom stereocenters. The van der Waals surface area contributed by atoms with E-state index in [4.69, 9.17) is 15.0 Å². The Balaban J connectivity index is 0.000000146.